The molecule has 1 unspecified atom stereocenters. The second kappa shape index (κ2) is 4.53. The number of carbonyl (C=O) groups is 2. The highest BCUT2D eigenvalue weighted by Gasteiger charge is 2.31. The summed E-state index contributed by atoms with van der Waals surface area (Å²) in [6.07, 6.45) is 0.502. The Labute approximate surface area is 97.7 Å². The number of amides is 1. The zero-order valence-electron chi connectivity index (χ0n) is 9.06. The molecule has 1 heterocycles. The molecule has 1 atom stereocenters. The molecule has 90 valence electrons. The highest BCUT2D eigenvalue weighted by atomic mass is 19.1. The summed E-state index contributed by atoms with van der Waals surface area (Å²) in [5, 5.41) is 10.8. The molecular formula is C12H11FNO3-. The van der Waals surface area contributed by atoms with Gasteiger partial charge in [-0.25, -0.2) is 4.39 Å². The van der Waals surface area contributed by atoms with Crippen molar-refractivity contribution in [3.05, 3.63) is 35.6 Å². The highest BCUT2D eigenvalue weighted by Crippen LogP contribution is 2.21. The molecule has 0 spiro atoms. The molecule has 1 saturated heterocycles. The van der Waals surface area contributed by atoms with Crippen LogP contribution in [0, 0.1) is 5.82 Å². The number of hydrogen-bond acceptors (Lipinski definition) is 3. The molecule has 0 N–H and O–H groups in total. The second-order valence-corrected chi connectivity index (χ2v) is 4.02. The fourth-order valence-corrected chi connectivity index (χ4v) is 1.96. The average Bonchev–Trinajstić information content (AvgIpc) is 2.64. The molecule has 0 aliphatic carbocycles. The van der Waals surface area contributed by atoms with Gasteiger partial charge in [0, 0.05) is 13.0 Å². The maximum Gasteiger partial charge on any atom is 0.223 e. The SMILES string of the molecule is O=C([O-])C1CCC(=O)N1Cc1ccc(F)cc1. The van der Waals surface area contributed by atoms with Crippen LogP contribution in [0.5, 0.6) is 0 Å². The molecule has 1 aromatic carbocycles. The highest BCUT2D eigenvalue weighted by molar-refractivity contribution is 5.86. The van der Waals surface area contributed by atoms with Gasteiger partial charge in [-0.2, -0.15) is 0 Å². The van der Waals surface area contributed by atoms with Crippen LogP contribution in [-0.2, 0) is 16.1 Å². The van der Waals surface area contributed by atoms with Gasteiger partial charge in [0.15, 0.2) is 0 Å². The summed E-state index contributed by atoms with van der Waals surface area (Å²) < 4.78 is 12.7. The van der Waals surface area contributed by atoms with Gasteiger partial charge in [-0.3, -0.25) is 4.79 Å². The van der Waals surface area contributed by atoms with Crippen LogP contribution >= 0.6 is 0 Å². The molecule has 0 radical (unpaired) electrons. The summed E-state index contributed by atoms with van der Waals surface area (Å²) in [6, 6.07) is 4.77. The van der Waals surface area contributed by atoms with Gasteiger partial charge < -0.3 is 14.8 Å². The first-order valence-electron chi connectivity index (χ1n) is 5.32. The quantitative estimate of drug-likeness (QED) is 0.746. The van der Waals surface area contributed by atoms with E-state index >= 15 is 0 Å². The Bertz CT molecular complexity index is 444. The fourth-order valence-electron chi connectivity index (χ4n) is 1.96. The average molecular weight is 236 g/mol. The molecule has 5 heteroatoms. The van der Waals surface area contributed by atoms with Crippen LogP contribution in [0.25, 0.3) is 0 Å². The van der Waals surface area contributed by atoms with Gasteiger partial charge in [-0.05, 0) is 24.1 Å². The van der Waals surface area contributed by atoms with Crippen molar-refractivity contribution in [3.8, 4) is 0 Å². The molecule has 0 saturated carbocycles. The van der Waals surface area contributed by atoms with E-state index in [2.05, 4.69) is 0 Å². The minimum Gasteiger partial charge on any atom is -0.548 e. The van der Waals surface area contributed by atoms with Gasteiger partial charge in [0.25, 0.3) is 0 Å². The van der Waals surface area contributed by atoms with E-state index in [-0.39, 0.29) is 31.1 Å². The third kappa shape index (κ3) is 2.43. The number of carboxylic acid groups (broad SMARTS) is 1. The van der Waals surface area contributed by atoms with Crippen LogP contribution in [-0.4, -0.2) is 22.8 Å². The van der Waals surface area contributed by atoms with E-state index in [4.69, 9.17) is 0 Å². The molecular weight excluding hydrogens is 225 g/mol. The van der Waals surface area contributed by atoms with Crippen LogP contribution in [0.4, 0.5) is 4.39 Å². The number of benzene rings is 1. The first-order chi connectivity index (χ1) is 8.08. The smallest absolute Gasteiger partial charge is 0.223 e. The molecule has 2 rings (SSSR count). The van der Waals surface area contributed by atoms with Crippen molar-refractivity contribution >= 4 is 11.9 Å². The number of aliphatic carboxylic acids is 1. The summed E-state index contributed by atoms with van der Waals surface area (Å²) in [6.45, 7) is 0.178. The van der Waals surface area contributed by atoms with Crippen molar-refractivity contribution < 1.29 is 19.1 Å². The van der Waals surface area contributed by atoms with Gasteiger partial charge in [-0.1, -0.05) is 12.1 Å². The molecule has 1 fully saturated rings. The third-order valence-electron chi connectivity index (χ3n) is 2.87. The first kappa shape index (κ1) is 11.6. The normalized spacial score (nSPS) is 19.7. The van der Waals surface area contributed by atoms with E-state index in [0.717, 1.165) is 0 Å². The van der Waals surface area contributed by atoms with Crippen LogP contribution in [0.15, 0.2) is 24.3 Å². The number of rotatable bonds is 3. The number of carbonyl (C=O) groups excluding carboxylic acids is 2. The van der Waals surface area contributed by atoms with E-state index in [0.29, 0.717) is 5.56 Å². The van der Waals surface area contributed by atoms with Gasteiger partial charge in [0.2, 0.25) is 5.91 Å². The number of halogens is 1. The summed E-state index contributed by atoms with van der Waals surface area (Å²) in [4.78, 5) is 23.6. The third-order valence-corrected chi connectivity index (χ3v) is 2.87. The Morgan fingerprint density at radius 3 is 2.65 bits per heavy atom. The Morgan fingerprint density at radius 1 is 1.41 bits per heavy atom. The van der Waals surface area contributed by atoms with Gasteiger partial charge >= 0.3 is 0 Å². The molecule has 0 bridgehead atoms. The lowest BCUT2D eigenvalue weighted by Gasteiger charge is -2.25. The Balaban J connectivity index is 2.13. The van der Waals surface area contributed by atoms with E-state index in [9.17, 15) is 19.1 Å². The minimum atomic E-state index is -1.24. The largest absolute Gasteiger partial charge is 0.548 e. The summed E-state index contributed by atoms with van der Waals surface area (Å²) in [5.74, 6) is -1.81. The Hall–Kier alpha value is -1.91. The lowest BCUT2D eigenvalue weighted by Crippen LogP contribution is -2.45. The molecule has 1 aliphatic heterocycles. The van der Waals surface area contributed by atoms with Crippen LogP contribution in [0.3, 0.4) is 0 Å². The van der Waals surface area contributed by atoms with Crippen molar-refractivity contribution in [2.24, 2.45) is 0 Å². The van der Waals surface area contributed by atoms with Crippen LogP contribution in [0.2, 0.25) is 0 Å². The van der Waals surface area contributed by atoms with Crippen LogP contribution < -0.4 is 5.11 Å². The predicted octanol–water partition coefficient (Wildman–Crippen LogP) is 0.0666. The van der Waals surface area contributed by atoms with Gasteiger partial charge in [0.1, 0.15) is 5.82 Å². The number of carboxylic acids is 1. The maximum atomic E-state index is 12.7. The van der Waals surface area contributed by atoms with E-state index in [1.165, 1.54) is 29.2 Å². The number of hydrogen-bond donors (Lipinski definition) is 0. The zero-order chi connectivity index (χ0) is 12.4. The molecule has 17 heavy (non-hydrogen) atoms. The van der Waals surface area contributed by atoms with E-state index < -0.39 is 12.0 Å². The molecule has 0 aromatic heterocycles. The molecule has 1 aliphatic rings. The van der Waals surface area contributed by atoms with Crippen molar-refractivity contribution in [3.63, 3.8) is 0 Å². The lowest BCUT2D eigenvalue weighted by molar-refractivity contribution is -0.310. The monoisotopic (exact) mass is 236 g/mol. The standard InChI is InChI=1S/C12H12FNO3/c13-9-3-1-8(2-4-9)7-14-10(12(16)17)5-6-11(14)15/h1-4,10H,5-7H2,(H,16,17)/p-1. The summed E-state index contributed by atoms with van der Waals surface area (Å²) in [7, 11) is 0. The van der Waals surface area contributed by atoms with Crippen molar-refractivity contribution in [1.29, 1.82) is 0 Å². The molecule has 4 nitrogen and oxygen atoms in total. The fraction of sp³-hybridized carbons (Fsp3) is 0.333. The van der Waals surface area contributed by atoms with E-state index in [1.807, 2.05) is 0 Å². The summed E-state index contributed by atoms with van der Waals surface area (Å²) in [5.41, 5.74) is 0.702. The van der Waals surface area contributed by atoms with Crippen molar-refractivity contribution in [1.82, 2.24) is 4.90 Å². The van der Waals surface area contributed by atoms with Gasteiger partial charge in [0.05, 0.1) is 12.0 Å². The summed E-state index contributed by atoms with van der Waals surface area (Å²) >= 11 is 0. The second-order valence-electron chi connectivity index (χ2n) is 4.02. The predicted molar refractivity (Wildman–Crippen MR) is 55.0 cm³/mol. The number of likely N-dealkylation sites (tertiary alicyclic amines) is 1. The van der Waals surface area contributed by atoms with Gasteiger partial charge in [-0.15, -0.1) is 0 Å². The Morgan fingerprint density at radius 2 is 2.06 bits per heavy atom. The van der Waals surface area contributed by atoms with E-state index in [1.54, 1.807) is 0 Å². The van der Waals surface area contributed by atoms with Crippen molar-refractivity contribution in [2.75, 3.05) is 0 Å². The topological polar surface area (TPSA) is 60.4 Å². The zero-order valence-corrected chi connectivity index (χ0v) is 9.06. The lowest BCUT2D eigenvalue weighted by atomic mass is 10.2. The maximum absolute atomic E-state index is 12.7. The Kier molecular flexibility index (Phi) is 3.08. The molecule has 1 aromatic rings. The first-order valence-corrected chi connectivity index (χ1v) is 5.32. The van der Waals surface area contributed by atoms with Crippen LogP contribution in [0.1, 0.15) is 18.4 Å². The van der Waals surface area contributed by atoms with Crippen molar-refractivity contribution in [2.45, 2.75) is 25.4 Å². The number of nitrogens with zero attached hydrogens (tertiary/aromatic N) is 1. The molecule has 1 amide bonds. The minimum absolute atomic E-state index is 0.178.